The molecule has 440 valence electrons. The molecule has 73 heavy (non-hydrogen) atoms. The number of ketones is 8. The molecule has 0 saturated heterocycles. The van der Waals surface area contributed by atoms with Crippen LogP contribution in [0.25, 0.3) is 0 Å². The topological polar surface area (TPSA) is 259 Å². The van der Waals surface area contributed by atoms with Crippen LogP contribution >= 0.6 is 0 Å². The van der Waals surface area contributed by atoms with Crippen molar-refractivity contribution in [2.75, 3.05) is 0 Å². The van der Waals surface area contributed by atoms with Crippen LogP contribution in [0.5, 0.6) is 0 Å². The molecular formula is C57H124BIKO13+. The third-order valence-corrected chi connectivity index (χ3v) is 5.96. The fraction of sp³-hybridized carbons (Fsp3) is 0.789. The number of aliphatic hydroxyl groups excluding tert-OH is 2. The number of hydrogen-bond donors (Lipinski definition) is 3. The van der Waals surface area contributed by atoms with Crippen LogP contribution in [0.4, 0.5) is 0 Å². The predicted molar refractivity (Wildman–Crippen MR) is 310 cm³/mol. The van der Waals surface area contributed by atoms with E-state index in [0.29, 0.717) is 47.1 Å². The summed E-state index contributed by atoms with van der Waals surface area (Å²) < 4.78 is 6.10. The number of allylic oxidation sites excluding steroid dienone is 4. The molecule has 13 nitrogen and oxygen atoms in total. The number of hydrogen-bond acceptors (Lipinski definition) is 12. The standard InChI is InChI=1S/2C9H18O.C6H12O2.C6H14O.C6H12O.2C6H10O.C3H8O.2C3H6O.BHI.K.2H2O.2H/c1-7(2)5-8(3)6-9(4)10;1-7(2)5-9(10)6-8(3)4;1-5(7)4-6(2,3)8;4*1-5(2)4-6(3)7;3*1-3(2)4;1-2;;;;;/h2*7-8H,5-6H2,1-4H3;8H,4H2,1-3H3;5-7H,4H2,1-3H3;5H,4H2,1-3H3;2*4H,1-3H3;3-4H,1-2H3;2*1-2H3;2H;;2*1H2;;/q;;;;;;;;;;-1;+1;;;2*-1/p+3/i;;;;;;;;;;2D;;;;;. The Balaban J connectivity index is -0.0000000276. The van der Waals surface area contributed by atoms with E-state index in [1.807, 2.05) is 48.5 Å². The number of carbonyl (C=O) groups is 8. The van der Waals surface area contributed by atoms with Crippen molar-refractivity contribution in [1.29, 1.82) is 0.594 Å². The largest absolute Gasteiger partial charge is 1.00 e. The Kier molecular flexibility index (Phi) is 108. The summed E-state index contributed by atoms with van der Waals surface area (Å²) in [5, 5.41) is 25.7. The van der Waals surface area contributed by atoms with Gasteiger partial charge in [0.05, 0.1) is 11.7 Å². The SMILES string of the molecule is CC(=O)C=C(C)C.CC(=O)C=C(C)C.CC(=O)CC(C)(C)O.CC(=O)CC(C)C.CC(=O)CC(C)CC(C)C.CC(C)=O.CC(C)=O.CC(C)CC(=O)CC(C)C.CC(C)CC(C)O.CC(C)O.O.[2H][I-][B].[H+].[H+].[H+].[H+].[H-].[H-].[K+].[OH-]. The second-order valence-corrected chi connectivity index (χ2v) is 21.4. The normalized spacial score (nSPS) is 10.0. The van der Waals surface area contributed by atoms with Crippen molar-refractivity contribution in [1.82, 2.24) is 0 Å². The predicted octanol–water partition coefficient (Wildman–Crippen LogP) is 6.76. The molecule has 0 aromatic rings. The van der Waals surface area contributed by atoms with E-state index in [-0.39, 0.29) is 124 Å². The molecule has 0 spiro atoms. The van der Waals surface area contributed by atoms with Gasteiger partial charge in [-0.1, -0.05) is 87.3 Å². The number of rotatable bonds is 16. The van der Waals surface area contributed by atoms with Crippen LogP contribution in [-0.4, -0.2) is 96.6 Å². The Labute approximate surface area is 517 Å². The van der Waals surface area contributed by atoms with E-state index >= 15 is 0 Å². The first-order valence-electron chi connectivity index (χ1n) is 25.1. The first-order valence-corrected chi connectivity index (χ1v) is 26.0. The minimum Gasteiger partial charge on any atom is -1.00 e. The van der Waals surface area contributed by atoms with Gasteiger partial charge in [0, 0.05) is 38.2 Å². The average Bonchev–Trinajstić information content (AvgIpc) is 3.01. The van der Waals surface area contributed by atoms with Gasteiger partial charge in [-0.15, -0.1) is 0 Å². The van der Waals surface area contributed by atoms with Gasteiger partial charge in [0.1, 0.15) is 34.7 Å². The zero-order valence-corrected chi connectivity index (χ0v) is 58.0. The van der Waals surface area contributed by atoms with Crippen molar-refractivity contribution in [3.05, 3.63) is 23.3 Å². The second-order valence-electron chi connectivity index (χ2n) is 21.4. The van der Waals surface area contributed by atoms with Crippen molar-refractivity contribution >= 4 is 52.0 Å². The van der Waals surface area contributed by atoms with Crippen LogP contribution < -0.4 is 73.6 Å². The number of carbonyl (C=O) groups excluding carboxylic acids is 8. The monoisotopic (exact) mass is 1190 g/mol. The molecule has 2 radical (unpaired) electrons. The van der Waals surface area contributed by atoms with Crippen LogP contribution in [0.2, 0.25) is 0 Å². The zero-order chi connectivity index (χ0) is 60.0. The van der Waals surface area contributed by atoms with E-state index in [1.54, 1.807) is 67.5 Å². The maximum Gasteiger partial charge on any atom is 1.00 e. The van der Waals surface area contributed by atoms with E-state index in [1.165, 1.54) is 41.0 Å². The van der Waals surface area contributed by atoms with E-state index in [2.05, 4.69) is 68.0 Å². The van der Waals surface area contributed by atoms with Gasteiger partial charge in [0.25, 0.3) is 0 Å². The molecule has 2 atom stereocenters. The molecule has 2 unspecified atom stereocenters. The summed E-state index contributed by atoms with van der Waals surface area (Å²) in [6.07, 6.45) is 8.22. The summed E-state index contributed by atoms with van der Waals surface area (Å²) in [4.78, 5) is 81.5. The molecule has 6 N–H and O–H groups in total. The summed E-state index contributed by atoms with van der Waals surface area (Å²) >= 11 is -0.660. The molecule has 0 amide bonds. The summed E-state index contributed by atoms with van der Waals surface area (Å²) in [6, 6.07) is 0. The molecule has 0 fully saturated rings. The van der Waals surface area contributed by atoms with Crippen LogP contribution in [0.3, 0.4) is 0 Å². The zero-order valence-electron chi connectivity index (χ0n) is 59.7. The smallest absolute Gasteiger partial charge is 1.00 e. The van der Waals surface area contributed by atoms with E-state index < -0.39 is 27.8 Å². The number of Topliss-reactive ketones (excluding diaryl/α,β-unsaturated/α-hetero) is 6. The van der Waals surface area contributed by atoms with Gasteiger partial charge in [0.15, 0.2) is 11.6 Å². The van der Waals surface area contributed by atoms with Crippen molar-refractivity contribution in [2.45, 2.75) is 264 Å². The van der Waals surface area contributed by atoms with E-state index in [4.69, 9.17) is 15.9 Å². The van der Waals surface area contributed by atoms with Gasteiger partial charge in [-0.3, -0.25) is 19.2 Å². The fourth-order valence-corrected chi connectivity index (χ4v) is 5.05. The molecular weight excluding hydrogens is 1070 g/mol. The van der Waals surface area contributed by atoms with Crippen LogP contribution in [0.1, 0.15) is 254 Å². The molecule has 0 heterocycles. The third-order valence-electron chi connectivity index (χ3n) is 5.96. The molecule has 16 heteroatoms. The Morgan fingerprint density at radius 1 is 0.534 bits per heavy atom. The van der Waals surface area contributed by atoms with Gasteiger partial charge in [-0.05, 0) is 185 Å². The Morgan fingerprint density at radius 3 is 0.836 bits per heavy atom. The molecule has 0 bridgehead atoms. The average molecular weight is 1200 g/mol. The van der Waals surface area contributed by atoms with Crippen LogP contribution in [0, 0.1) is 35.5 Å². The minimum atomic E-state index is -0.828. The Bertz CT molecular complexity index is 1320. The van der Waals surface area contributed by atoms with Gasteiger partial charge in [-0.25, -0.2) is 0 Å². The first kappa shape index (κ1) is 104. The fourth-order valence-electron chi connectivity index (χ4n) is 5.05. The van der Waals surface area contributed by atoms with Crippen LogP contribution in [-0.2, 0) is 38.4 Å². The van der Waals surface area contributed by atoms with Gasteiger partial charge in [-0.2, -0.15) is 0 Å². The summed E-state index contributed by atoms with van der Waals surface area (Å²) in [7, 11) is 0. The Hall–Kier alpha value is -0.929. The van der Waals surface area contributed by atoms with Crippen LogP contribution in [0.15, 0.2) is 23.3 Å². The maximum absolute atomic E-state index is 11.1. The van der Waals surface area contributed by atoms with Gasteiger partial charge < -0.3 is 48.3 Å². The Morgan fingerprint density at radius 2 is 0.767 bits per heavy atom. The first-order chi connectivity index (χ1) is 31.6. The van der Waals surface area contributed by atoms with E-state index in [9.17, 15) is 38.4 Å². The molecule has 0 aliphatic rings. The van der Waals surface area contributed by atoms with Crippen molar-refractivity contribution in [3.63, 3.8) is 0 Å². The molecule has 0 aliphatic heterocycles. The van der Waals surface area contributed by atoms with Crippen molar-refractivity contribution < 1.29 is 147 Å². The van der Waals surface area contributed by atoms with Crippen molar-refractivity contribution in [3.8, 4) is 0 Å². The second kappa shape index (κ2) is 75.3. The summed E-state index contributed by atoms with van der Waals surface area (Å²) in [5.74, 6) is 5.09. The number of aliphatic hydroxyl groups is 3. The van der Waals surface area contributed by atoms with Gasteiger partial charge in [0.2, 0.25) is 0 Å². The maximum atomic E-state index is 11.1. The molecule has 0 aliphatic carbocycles. The van der Waals surface area contributed by atoms with Crippen molar-refractivity contribution in [2.24, 2.45) is 35.5 Å². The quantitative estimate of drug-likeness (QED) is 0.0823. The summed E-state index contributed by atoms with van der Waals surface area (Å²) in [5.41, 5.74) is 5.92. The molecule has 0 aromatic heterocycles. The van der Waals surface area contributed by atoms with Gasteiger partial charge >= 0.3 is 85.6 Å². The number of halogens is 1. The van der Waals surface area contributed by atoms with E-state index in [0.717, 1.165) is 43.3 Å². The molecule has 0 saturated carbocycles. The minimum absolute atomic E-state index is 0. The third kappa shape index (κ3) is 261. The summed E-state index contributed by atoms with van der Waals surface area (Å²) in [6.45, 7) is 53.2. The molecule has 0 aromatic carbocycles. The molecule has 0 rings (SSSR count).